The average molecular weight is 304 g/mol. The number of allylic oxidation sites excluding steroid dienone is 3. The van der Waals surface area contributed by atoms with Crippen LogP contribution in [0.4, 0.5) is 0 Å². The number of carbonyl (C=O) groups is 2. The molecule has 2 aliphatic rings. The summed E-state index contributed by atoms with van der Waals surface area (Å²) in [6.07, 6.45) is 8.93. The van der Waals surface area contributed by atoms with E-state index in [0.717, 1.165) is 17.7 Å². The molecule has 0 fully saturated rings. The third-order valence-electron chi connectivity index (χ3n) is 3.93. The van der Waals surface area contributed by atoms with Crippen LogP contribution in [0.15, 0.2) is 35.6 Å². The standard InChI is InChI=1S/C17H24N2O3/c1-17(2)9-12(8-13(20)10-17)19-15-6-11(4-5-14(15)18)7-16(21)22-3/h4-6,8,14-15,19H,7,9-10,18H2,1-3H3. The van der Waals surface area contributed by atoms with E-state index in [4.69, 9.17) is 5.73 Å². The molecule has 2 rings (SSSR count). The molecule has 22 heavy (non-hydrogen) atoms. The summed E-state index contributed by atoms with van der Waals surface area (Å²) < 4.78 is 4.69. The molecule has 0 heterocycles. The van der Waals surface area contributed by atoms with Crippen LogP contribution in [0.3, 0.4) is 0 Å². The zero-order valence-electron chi connectivity index (χ0n) is 13.4. The van der Waals surface area contributed by atoms with Crippen molar-refractivity contribution >= 4 is 11.8 Å². The van der Waals surface area contributed by atoms with Gasteiger partial charge in [0.05, 0.1) is 19.6 Å². The fourth-order valence-corrected chi connectivity index (χ4v) is 2.90. The molecule has 120 valence electrons. The lowest BCUT2D eigenvalue weighted by Gasteiger charge is -2.33. The number of ketones is 1. The molecule has 0 aromatic heterocycles. The van der Waals surface area contributed by atoms with Gasteiger partial charge in [0.2, 0.25) is 0 Å². The van der Waals surface area contributed by atoms with Crippen LogP contribution < -0.4 is 11.1 Å². The SMILES string of the molecule is COC(=O)CC1=CC(NC2=CC(=O)CC(C)(C)C2)C(N)C=C1. The molecule has 0 amide bonds. The second-order valence-corrected chi connectivity index (χ2v) is 6.75. The number of methoxy groups -OCH3 is 1. The first-order valence-corrected chi connectivity index (χ1v) is 7.50. The minimum atomic E-state index is -0.279. The zero-order valence-corrected chi connectivity index (χ0v) is 13.4. The highest BCUT2D eigenvalue weighted by Crippen LogP contribution is 2.33. The normalized spacial score (nSPS) is 27.0. The first kappa shape index (κ1) is 16.5. The molecule has 0 radical (unpaired) electrons. The highest BCUT2D eigenvalue weighted by molar-refractivity contribution is 5.91. The number of nitrogens with two attached hydrogens (primary N) is 1. The van der Waals surface area contributed by atoms with Gasteiger partial charge in [0.25, 0.3) is 0 Å². The minimum Gasteiger partial charge on any atom is -0.469 e. The molecule has 0 aliphatic heterocycles. The minimum absolute atomic E-state index is 0.0403. The molecule has 3 N–H and O–H groups in total. The van der Waals surface area contributed by atoms with Gasteiger partial charge in [-0.15, -0.1) is 0 Å². The Kier molecular flexibility index (Phi) is 4.86. The van der Waals surface area contributed by atoms with Gasteiger partial charge in [-0.25, -0.2) is 0 Å². The van der Waals surface area contributed by atoms with Crippen molar-refractivity contribution in [2.24, 2.45) is 11.1 Å². The summed E-state index contributed by atoms with van der Waals surface area (Å²) in [6.45, 7) is 4.16. The lowest BCUT2D eigenvalue weighted by Crippen LogP contribution is -2.45. The molecule has 0 spiro atoms. The number of carbonyl (C=O) groups excluding carboxylic acids is 2. The maximum atomic E-state index is 11.8. The zero-order chi connectivity index (χ0) is 16.3. The average Bonchev–Trinajstić information content (AvgIpc) is 2.40. The quantitative estimate of drug-likeness (QED) is 0.771. The molecule has 0 bridgehead atoms. The van der Waals surface area contributed by atoms with Gasteiger partial charge in [-0.3, -0.25) is 9.59 Å². The topological polar surface area (TPSA) is 81.4 Å². The summed E-state index contributed by atoms with van der Waals surface area (Å²) in [6, 6.07) is -0.319. The van der Waals surface area contributed by atoms with Crippen molar-refractivity contribution in [2.75, 3.05) is 7.11 Å². The van der Waals surface area contributed by atoms with E-state index in [9.17, 15) is 9.59 Å². The van der Waals surface area contributed by atoms with Gasteiger partial charge >= 0.3 is 5.97 Å². The van der Waals surface area contributed by atoms with Crippen molar-refractivity contribution in [3.05, 3.63) is 35.6 Å². The van der Waals surface area contributed by atoms with Crippen LogP contribution in [-0.4, -0.2) is 30.9 Å². The van der Waals surface area contributed by atoms with E-state index in [2.05, 4.69) is 23.9 Å². The molecule has 5 heteroatoms. The number of hydrogen-bond donors (Lipinski definition) is 2. The van der Waals surface area contributed by atoms with E-state index in [0.29, 0.717) is 6.42 Å². The Morgan fingerprint density at radius 1 is 1.45 bits per heavy atom. The van der Waals surface area contributed by atoms with Crippen molar-refractivity contribution in [3.63, 3.8) is 0 Å². The molecule has 0 saturated carbocycles. The number of nitrogens with one attached hydrogen (secondary N) is 1. The van der Waals surface area contributed by atoms with E-state index >= 15 is 0 Å². The summed E-state index contributed by atoms with van der Waals surface area (Å²) in [7, 11) is 1.37. The molecule has 2 atom stereocenters. The molecule has 0 aromatic rings. The fraction of sp³-hybridized carbons (Fsp3) is 0.529. The monoisotopic (exact) mass is 304 g/mol. The Morgan fingerprint density at radius 2 is 2.18 bits per heavy atom. The Hall–Kier alpha value is -1.88. The predicted molar refractivity (Wildman–Crippen MR) is 84.9 cm³/mol. The third kappa shape index (κ3) is 4.31. The molecule has 0 aromatic carbocycles. The summed E-state index contributed by atoms with van der Waals surface area (Å²) in [5.41, 5.74) is 7.84. The van der Waals surface area contributed by atoms with Crippen molar-refractivity contribution in [3.8, 4) is 0 Å². The highest BCUT2D eigenvalue weighted by atomic mass is 16.5. The van der Waals surface area contributed by atoms with E-state index in [1.54, 1.807) is 6.08 Å². The second-order valence-electron chi connectivity index (χ2n) is 6.75. The molecule has 2 unspecified atom stereocenters. The van der Waals surface area contributed by atoms with E-state index in [1.165, 1.54) is 7.11 Å². The summed E-state index contributed by atoms with van der Waals surface area (Å²) in [5.74, 6) is -0.143. The highest BCUT2D eigenvalue weighted by Gasteiger charge is 2.29. The van der Waals surface area contributed by atoms with Crippen LogP contribution in [0, 0.1) is 5.41 Å². The Morgan fingerprint density at radius 3 is 2.82 bits per heavy atom. The van der Waals surface area contributed by atoms with Gasteiger partial charge in [-0.2, -0.15) is 0 Å². The van der Waals surface area contributed by atoms with Gasteiger partial charge in [-0.1, -0.05) is 32.1 Å². The van der Waals surface area contributed by atoms with Crippen molar-refractivity contribution in [1.82, 2.24) is 5.32 Å². The number of esters is 1. The predicted octanol–water partition coefficient (Wildman–Crippen LogP) is 1.60. The van der Waals surface area contributed by atoms with E-state index < -0.39 is 0 Å². The van der Waals surface area contributed by atoms with Gasteiger partial charge in [0.15, 0.2) is 5.78 Å². The smallest absolute Gasteiger partial charge is 0.309 e. The maximum absolute atomic E-state index is 11.8. The van der Waals surface area contributed by atoms with Crippen LogP contribution in [0.1, 0.15) is 33.1 Å². The van der Waals surface area contributed by atoms with Crippen LogP contribution in [0.5, 0.6) is 0 Å². The molecular formula is C17H24N2O3. The first-order valence-electron chi connectivity index (χ1n) is 7.50. The largest absolute Gasteiger partial charge is 0.469 e. The number of hydrogen-bond acceptors (Lipinski definition) is 5. The van der Waals surface area contributed by atoms with Crippen LogP contribution in [0.25, 0.3) is 0 Å². The van der Waals surface area contributed by atoms with Crippen molar-refractivity contribution in [1.29, 1.82) is 0 Å². The number of rotatable bonds is 4. The second kappa shape index (κ2) is 6.48. The maximum Gasteiger partial charge on any atom is 0.309 e. The van der Waals surface area contributed by atoms with Crippen molar-refractivity contribution in [2.45, 2.75) is 45.2 Å². The van der Waals surface area contributed by atoms with Gasteiger partial charge in [0, 0.05) is 24.2 Å². The van der Waals surface area contributed by atoms with Crippen molar-refractivity contribution < 1.29 is 14.3 Å². The van der Waals surface area contributed by atoms with E-state index in [1.807, 2.05) is 18.2 Å². The molecule has 2 aliphatic carbocycles. The Balaban J connectivity index is 2.09. The lowest BCUT2D eigenvalue weighted by molar-refractivity contribution is -0.139. The fourth-order valence-electron chi connectivity index (χ4n) is 2.90. The first-order chi connectivity index (χ1) is 10.3. The number of ether oxygens (including phenoxy) is 1. The summed E-state index contributed by atoms with van der Waals surface area (Å²) >= 11 is 0. The summed E-state index contributed by atoms with van der Waals surface area (Å²) in [4.78, 5) is 23.2. The van der Waals surface area contributed by atoms with Crippen LogP contribution in [0.2, 0.25) is 0 Å². The lowest BCUT2D eigenvalue weighted by atomic mass is 9.78. The third-order valence-corrected chi connectivity index (χ3v) is 3.93. The van der Waals surface area contributed by atoms with Crippen LogP contribution in [-0.2, 0) is 14.3 Å². The molecule has 5 nitrogen and oxygen atoms in total. The Bertz CT molecular complexity index is 558. The van der Waals surface area contributed by atoms with Gasteiger partial charge in [0.1, 0.15) is 0 Å². The van der Waals surface area contributed by atoms with Crippen LogP contribution >= 0.6 is 0 Å². The molecule has 0 saturated heterocycles. The van der Waals surface area contributed by atoms with Gasteiger partial charge in [-0.05, 0) is 17.4 Å². The molecular weight excluding hydrogens is 280 g/mol. The summed E-state index contributed by atoms with van der Waals surface area (Å²) in [5, 5.41) is 3.35. The van der Waals surface area contributed by atoms with E-state index in [-0.39, 0.29) is 35.7 Å². The van der Waals surface area contributed by atoms with Gasteiger partial charge < -0.3 is 15.8 Å². The Labute approximate surface area is 131 Å².